The van der Waals surface area contributed by atoms with Gasteiger partial charge in [-0.1, -0.05) is 62.7 Å². The number of nitrogens with zero attached hydrogens (tertiary/aromatic N) is 4. The van der Waals surface area contributed by atoms with Crippen LogP contribution in [-0.4, -0.2) is 69.4 Å². The Morgan fingerprint density at radius 3 is 2.46 bits per heavy atom. The number of aliphatic carboxylic acids is 1. The second-order valence-electron chi connectivity index (χ2n) is 12.2. The smallest absolute Gasteiger partial charge is 0.321 e. The molecular weight excluding hydrogens is 515 g/mol. The molecule has 0 radical (unpaired) electrons. The maximum Gasteiger partial charge on any atom is 0.321 e. The summed E-state index contributed by atoms with van der Waals surface area (Å²) >= 11 is 0. The van der Waals surface area contributed by atoms with Crippen molar-refractivity contribution in [1.82, 2.24) is 19.6 Å². The summed E-state index contributed by atoms with van der Waals surface area (Å²) in [6.07, 6.45) is 3.84. The maximum atomic E-state index is 14.2. The molecule has 7 heteroatoms. The molecule has 4 atom stereocenters. The van der Waals surface area contributed by atoms with Crippen molar-refractivity contribution in [2.24, 2.45) is 11.8 Å². The quantitative estimate of drug-likeness (QED) is 0.310. The Kier molecular flexibility index (Phi) is 9.56. The molecule has 5 rings (SSSR count). The molecule has 0 aliphatic carbocycles. The molecule has 1 N–H and O–H groups in total. The number of halogens is 1. The molecule has 2 aliphatic rings. The molecule has 0 saturated carbocycles. The zero-order valence-corrected chi connectivity index (χ0v) is 24.8. The fourth-order valence-electron chi connectivity index (χ4n) is 7.12. The van der Waals surface area contributed by atoms with E-state index in [2.05, 4.69) is 58.7 Å². The average Bonchev–Trinajstić information content (AvgIpc) is 3.57. The first-order valence-corrected chi connectivity index (χ1v) is 15.4. The van der Waals surface area contributed by atoms with Crippen molar-refractivity contribution < 1.29 is 14.3 Å². The number of carbonyl (C=O) groups is 1. The Morgan fingerprint density at radius 1 is 1.05 bits per heavy atom. The number of aromatic nitrogens is 2. The molecule has 41 heavy (non-hydrogen) atoms. The number of likely N-dealkylation sites (tertiary alicyclic amines) is 2. The van der Waals surface area contributed by atoms with Crippen molar-refractivity contribution >= 4 is 5.97 Å². The molecule has 2 fully saturated rings. The number of piperidine rings is 1. The molecule has 2 saturated heterocycles. The van der Waals surface area contributed by atoms with E-state index in [9.17, 15) is 14.3 Å². The molecule has 3 heterocycles. The van der Waals surface area contributed by atoms with Crippen LogP contribution in [-0.2, 0) is 17.8 Å². The van der Waals surface area contributed by atoms with Crippen molar-refractivity contribution in [2.75, 3.05) is 32.7 Å². The van der Waals surface area contributed by atoms with E-state index in [1.54, 1.807) is 12.1 Å². The van der Waals surface area contributed by atoms with E-state index >= 15 is 0 Å². The molecule has 2 aliphatic heterocycles. The molecule has 220 valence electrons. The number of rotatable bonds is 11. The Labute approximate surface area is 244 Å². The highest BCUT2D eigenvalue weighted by Gasteiger charge is 2.42. The fraction of sp³-hybridized carbons (Fsp3) is 0.529. The summed E-state index contributed by atoms with van der Waals surface area (Å²) in [5.41, 5.74) is 4.75. The van der Waals surface area contributed by atoms with Gasteiger partial charge in [0.1, 0.15) is 11.9 Å². The zero-order valence-electron chi connectivity index (χ0n) is 24.8. The van der Waals surface area contributed by atoms with Crippen molar-refractivity contribution in [3.05, 3.63) is 89.0 Å². The van der Waals surface area contributed by atoms with E-state index < -0.39 is 12.0 Å². The van der Waals surface area contributed by atoms with Crippen molar-refractivity contribution in [2.45, 2.75) is 70.9 Å². The van der Waals surface area contributed by atoms with Crippen molar-refractivity contribution in [1.29, 1.82) is 0 Å². The van der Waals surface area contributed by atoms with Gasteiger partial charge in [-0.05, 0) is 74.0 Å². The lowest BCUT2D eigenvalue weighted by Crippen LogP contribution is -2.45. The summed E-state index contributed by atoms with van der Waals surface area (Å²) in [4.78, 5) is 17.0. The van der Waals surface area contributed by atoms with Crippen LogP contribution in [0.15, 0.2) is 60.7 Å². The summed E-state index contributed by atoms with van der Waals surface area (Å²) in [5.74, 6) is -0.0434. The second-order valence-corrected chi connectivity index (χ2v) is 12.2. The number of hydrogen-bond acceptors (Lipinski definition) is 4. The van der Waals surface area contributed by atoms with Gasteiger partial charge in [-0.2, -0.15) is 5.10 Å². The summed E-state index contributed by atoms with van der Waals surface area (Å²) < 4.78 is 16.4. The van der Waals surface area contributed by atoms with Gasteiger partial charge in [0.2, 0.25) is 0 Å². The summed E-state index contributed by atoms with van der Waals surface area (Å²) in [6.45, 7) is 11.4. The second kappa shape index (κ2) is 13.3. The van der Waals surface area contributed by atoms with Crippen LogP contribution in [0.4, 0.5) is 4.39 Å². The fourth-order valence-corrected chi connectivity index (χ4v) is 7.12. The molecular formula is C34H45FN4O2. The van der Waals surface area contributed by atoms with E-state index in [1.165, 1.54) is 17.3 Å². The highest BCUT2D eigenvalue weighted by molar-refractivity contribution is 5.74. The van der Waals surface area contributed by atoms with Crippen LogP contribution in [0.3, 0.4) is 0 Å². The Hall–Kier alpha value is -3.03. The van der Waals surface area contributed by atoms with Gasteiger partial charge in [-0.25, -0.2) is 4.39 Å². The zero-order chi connectivity index (χ0) is 28.9. The first-order valence-electron chi connectivity index (χ1n) is 15.4. The third-order valence-corrected chi connectivity index (χ3v) is 9.46. The van der Waals surface area contributed by atoms with Gasteiger partial charge in [-0.3, -0.25) is 14.4 Å². The van der Waals surface area contributed by atoms with Crippen LogP contribution < -0.4 is 0 Å². The minimum absolute atomic E-state index is 0.0605. The molecule has 3 unspecified atom stereocenters. The molecule has 2 aromatic carbocycles. The van der Waals surface area contributed by atoms with Crippen molar-refractivity contribution in [3.63, 3.8) is 0 Å². The number of benzene rings is 2. The van der Waals surface area contributed by atoms with Crippen LogP contribution in [0.25, 0.3) is 0 Å². The van der Waals surface area contributed by atoms with Gasteiger partial charge >= 0.3 is 5.97 Å². The molecule has 1 aromatic heterocycles. The van der Waals surface area contributed by atoms with E-state index in [0.29, 0.717) is 12.5 Å². The highest BCUT2D eigenvalue weighted by atomic mass is 19.1. The van der Waals surface area contributed by atoms with E-state index in [-0.39, 0.29) is 23.6 Å². The first-order chi connectivity index (χ1) is 19.9. The van der Waals surface area contributed by atoms with Gasteiger partial charge in [0, 0.05) is 50.1 Å². The molecule has 0 bridgehead atoms. The monoisotopic (exact) mass is 560 g/mol. The minimum atomic E-state index is -0.752. The maximum absolute atomic E-state index is 14.2. The van der Waals surface area contributed by atoms with Crippen LogP contribution in [0.2, 0.25) is 0 Å². The lowest BCUT2D eigenvalue weighted by molar-refractivity contribution is -0.145. The predicted octanol–water partition coefficient (Wildman–Crippen LogP) is 6.03. The lowest BCUT2D eigenvalue weighted by Gasteiger charge is -2.35. The highest BCUT2D eigenvalue weighted by Crippen LogP contribution is 2.37. The Morgan fingerprint density at radius 2 is 1.80 bits per heavy atom. The topological polar surface area (TPSA) is 61.6 Å². The third kappa shape index (κ3) is 6.90. The SMILES string of the molecule is CCC(C)C(C(=O)O)N1CC(c2cccc(F)c2)[C@@H](CN2CCC(c3cc(Cc4ccccc4)nn3CC)CC2)C1. The largest absolute Gasteiger partial charge is 0.480 e. The first kappa shape index (κ1) is 29.5. The van der Waals surface area contributed by atoms with E-state index in [4.69, 9.17) is 5.10 Å². The Bertz CT molecular complexity index is 1290. The summed E-state index contributed by atoms with van der Waals surface area (Å²) in [5, 5.41) is 15.0. The van der Waals surface area contributed by atoms with Gasteiger partial charge in [0.05, 0.1) is 5.69 Å². The normalized spacial score (nSPS) is 22.1. The summed E-state index contributed by atoms with van der Waals surface area (Å²) in [6, 6.07) is 19.3. The average molecular weight is 561 g/mol. The lowest BCUT2D eigenvalue weighted by atomic mass is 9.87. The predicted molar refractivity (Wildman–Crippen MR) is 161 cm³/mol. The van der Waals surface area contributed by atoms with Crippen LogP contribution in [0.5, 0.6) is 0 Å². The number of carboxylic acid groups (broad SMARTS) is 1. The number of carboxylic acids is 1. The van der Waals surface area contributed by atoms with Crippen molar-refractivity contribution in [3.8, 4) is 0 Å². The van der Waals surface area contributed by atoms with E-state index in [0.717, 1.165) is 69.7 Å². The molecule has 3 aromatic rings. The molecule has 0 amide bonds. The Balaban J connectivity index is 1.26. The van der Waals surface area contributed by atoms with Gasteiger partial charge in [0.15, 0.2) is 0 Å². The van der Waals surface area contributed by atoms with Gasteiger partial charge in [-0.15, -0.1) is 0 Å². The van der Waals surface area contributed by atoms with Crippen LogP contribution in [0, 0.1) is 17.7 Å². The van der Waals surface area contributed by atoms with Crippen LogP contribution >= 0.6 is 0 Å². The van der Waals surface area contributed by atoms with Gasteiger partial charge < -0.3 is 10.0 Å². The molecule has 6 nitrogen and oxygen atoms in total. The third-order valence-electron chi connectivity index (χ3n) is 9.46. The van der Waals surface area contributed by atoms with E-state index in [1.807, 2.05) is 19.1 Å². The minimum Gasteiger partial charge on any atom is -0.480 e. The van der Waals surface area contributed by atoms with Crippen LogP contribution in [0.1, 0.15) is 74.4 Å². The number of hydrogen-bond donors (Lipinski definition) is 1. The number of aryl methyl sites for hydroxylation is 1. The summed E-state index contributed by atoms with van der Waals surface area (Å²) in [7, 11) is 0. The standard InChI is InChI=1S/C34H45FN4O2/c1-4-24(3)33(34(40)41)38-22-28(31(23-38)27-12-9-13-29(35)19-27)21-37-16-14-26(15-17-37)32-20-30(36-39(32)5-2)18-25-10-7-6-8-11-25/h6-13,19-20,24,26,28,31,33H,4-5,14-18,21-23H2,1-3H3,(H,40,41)/t24?,28-,31?,33?/m0/s1. The molecule has 0 spiro atoms. The van der Waals surface area contributed by atoms with Gasteiger partial charge in [0.25, 0.3) is 0 Å².